The number of Topliss-reactive ketones (excluding diaryl/α,β-unsaturated/α-hetero) is 1. The summed E-state index contributed by atoms with van der Waals surface area (Å²) in [7, 11) is 0. The number of aryl methyl sites for hydroxylation is 1. The van der Waals surface area contributed by atoms with Crippen LogP contribution in [0.2, 0.25) is 5.02 Å². The van der Waals surface area contributed by atoms with Crippen LogP contribution in [0.4, 0.5) is 5.69 Å². The number of ketones is 1. The van der Waals surface area contributed by atoms with Gasteiger partial charge < -0.3 is 10.4 Å². The number of anilines is 1. The first-order chi connectivity index (χ1) is 11.3. The fraction of sp³-hybridized carbons (Fsp3) is 0.263. The van der Waals surface area contributed by atoms with Crippen molar-refractivity contribution in [2.75, 3.05) is 11.9 Å². The zero-order chi connectivity index (χ0) is 17.9. The van der Waals surface area contributed by atoms with Crippen molar-refractivity contribution >= 4 is 29.0 Å². The molecule has 0 radical (unpaired) electrons. The summed E-state index contributed by atoms with van der Waals surface area (Å²) >= 11 is 6.30. The van der Waals surface area contributed by atoms with E-state index in [1.165, 1.54) is 6.07 Å². The normalized spacial score (nSPS) is 10.7. The highest BCUT2D eigenvalue weighted by molar-refractivity contribution is 6.33. The van der Waals surface area contributed by atoms with Gasteiger partial charge in [0.2, 0.25) is 0 Å². The number of hydrogen-bond donors (Lipinski definition) is 2. The first kappa shape index (κ1) is 18.0. The first-order valence-electron chi connectivity index (χ1n) is 7.69. The van der Waals surface area contributed by atoms with Gasteiger partial charge in [-0.25, -0.2) is 4.79 Å². The van der Waals surface area contributed by atoms with Gasteiger partial charge in [-0.3, -0.25) is 4.79 Å². The van der Waals surface area contributed by atoms with E-state index in [9.17, 15) is 14.7 Å². The number of benzene rings is 2. The molecule has 0 aliphatic rings. The number of aromatic carboxylic acids is 1. The molecule has 24 heavy (non-hydrogen) atoms. The Labute approximate surface area is 146 Å². The molecule has 0 unspecified atom stereocenters. The number of halogens is 1. The maximum absolute atomic E-state index is 11.8. The van der Waals surface area contributed by atoms with Crippen LogP contribution in [-0.4, -0.2) is 23.4 Å². The standard InChI is InChI=1S/C19H20ClNO3/c1-11(2)18(22)10-21-15-8-13(7-14(9-15)19(23)24)16-5-4-12(3)6-17(16)20/h4-9,11,21H,10H2,1-3H3,(H,23,24). The number of carbonyl (C=O) groups is 2. The maximum Gasteiger partial charge on any atom is 0.335 e. The van der Waals surface area contributed by atoms with Crippen molar-refractivity contribution in [2.24, 2.45) is 5.92 Å². The van der Waals surface area contributed by atoms with E-state index in [0.29, 0.717) is 16.3 Å². The van der Waals surface area contributed by atoms with E-state index >= 15 is 0 Å². The lowest BCUT2D eigenvalue weighted by Gasteiger charge is -2.12. The molecule has 0 aliphatic carbocycles. The van der Waals surface area contributed by atoms with Crippen LogP contribution in [0.3, 0.4) is 0 Å². The Morgan fingerprint density at radius 2 is 1.88 bits per heavy atom. The number of carbonyl (C=O) groups excluding carboxylic acids is 1. The van der Waals surface area contributed by atoms with Gasteiger partial charge in [-0.1, -0.05) is 37.6 Å². The number of hydrogen-bond acceptors (Lipinski definition) is 3. The number of carboxylic acids is 1. The van der Waals surface area contributed by atoms with E-state index in [2.05, 4.69) is 5.32 Å². The van der Waals surface area contributed by atoms with Crippen molar-refractivity contribution in [1.29, 1.82) is 0 Å². The van der Waals surface area contributed by atoms with Gasteiger partial charge >= 0.3 is 5.97 Å². The molecular formula is C19H20ClNO3. The largest absolute Gasteiger partial charge is 0.478 e. The van der Waals surface area contributed by atoms with Gasteiger partial charge in [-0.05, 0) is 42.3 Å². The zero-order valence-electron chi connectivity index (χ0n) is 13.9. The fourth-order valence-electron chi connectivity index (χ4n) is 2.26. The number of rotatable bonds is 6. The van der Waals surface area contributed by atoms with Gasteiger partial charge in [-0.2, -0.15) is 0 Å². The molecule has 0 saturated heterocycles. The van der Waals surface area contributed by atoms with E-state index < -0.39 is 5.97 Å². The molecule has 0 fully saturated rings. The quantitative estimate of drug-likeness (QED) is 0.799. The minimum atomic E-state index is -1.03. The smallest absolute Gasteiger partial charge is 0.335 e. The Kier molecular flexibility index (Phi) is 5.62. The van der Waals surface area contributed by atoms with Crippen molar-refractivity contribution in [2.45, 2.75) is 20.8 Å². The Balaban J connectivity index is 2.41. The monoisotopic (exact) mass is 345 g/mol. The Morgan fingerprint density at radius 3 is 2.46 bits per heavy atom. The molecule has 0 heterocycles. The van der Waals surface area contributed by atoms with Crippen molar-refractivity contribution in [3.8, 4) is 11.1 Å². The Morgan fingerprint density at radius 1 is 1.17 bits per heavy atom. The molecule has 5 heteroatoms. The first-order valence-corrected chi connectivity index (χ1v) is 8.07. The van der Waals surface area contributed by atoms with Gasteiger partial charge in [0.15, 0.2) is 5.78 Å². The SMILES string of the molecule is Cc1ccc(-c2cc(NCC(=O)C(C)C)cc(C(=O)O)c2)c(Cl)c1. The average Bonchev–Trinajstić information content (AvgIpc) is 2.52. The van der Waals surface area contributed by atoms with Crippen LogP contribution < -0.4 is 5.32 Å². The summed E-state index contributed by atoms with van der Waals surface area (Å²) in [6, 6.07) is 10.5. The predicted molar refractivity (Wildman–Crippen MR) is 96.9 cm³/mol. The minimum absolute atomic E-state index is 0.0608. The van der Waals surface area contributed by atoms with Gasteiger partial charge in [0.1, 0.15) is 0 Å². The fourth-order valence-corrected chi connectivity index (χ4v) is 2.60. The van der Waals surface area contributed by atoms with Crippen molar-refractivity contribution < 1.29 is 14.7 Å². The van der Waals surface area contributed by atoms with Gasteiger partial charge in [0, 0.05) is 22.2 Å². The molecule has 2 aromatic rings. The van der Waals surface area contributed by atoms with E-state index in [-0.39, 0.29) is 23.8 Å². The van der Waals surface area contributed by atoms with Crippen molar-refractivity contribution in [3.05, 3.63) is 52.5 Å². The van der Waals surface area contributed by atoms with Gasteiger partial charge in [0.25, 0.3) is 0 Å². The predicted octanol–water partition coefficient (Wildman–Crippen LogP) is 4.65. The second-order valence-corrected chi connectivity index (χ2v) is 6.47. The van der Waals surface area contributed by atoms with Crippen LogP contribution in [-0.2, 0) is 4.79 Å². The third kappa shape index (κ3) is 4.36. The summed E-state index contributed by atoms with van der Waals surface area (Å²) in [6.45, 7) is 5.75. The van der Waals surface area contributed by atoms with Crippen molar-refractivity contribution in [3.63, 3.8) is 0 Å². The summed E-state index contributed by atoms with van der Waals surface area (Å²) in [6.07, 6.45) is 0. The maximum atomic E-state index is 11.8. The second kappa shape index (κ2) is 7.49. The van der Waals surface area contributed by atoms with Crippen LogP contribution in [0.25, 0.3) is 11.1 Å². The summed E-state index contributed by atoms with van der Waals surface area (Å²) < 4.78 is 0. The summed E-state index contributed by atoms with van der Waals surface area (Å²) in [5.41, 5.74) is 3.20. The molecule has 2 N–H and O–H groups in total. The van der Waals surface area contributed by atoms with Crippen LogP contribution in [0.1, 0.15) is 29.8 Å². The van der Waals surface area contributed by atoms with E-state index in [0.717, 1.165) is 11.1 Å². The summed E-state index contributed by atoms with van der Waals surface area (Å²) in [5, 5.41) is 12.9. The highest BCUT2D eigenvalue weighted by atomic mass is 35.5. The highest BCUT2D eigenvalue weighted by Crippen LogP contribution is 2.31. The van der Waals surface area contributed by atoms with Gasteiger partial charge in [-0.15, -0.1) is 0 Å². The topological polar surface area (TPSA) is 66.4 Å². The second-order valence-electron chi connectivity index (χ2n) is 6.06. The molecular weight excluding hydrogens is 326 g/mol. The van der Waals surface area contributed by atoms with E-state index in [1.807, 2.05) is 39.0 Å². The van der Waals surface area contributed by atoms with Crippen LogP contribution in [0, 0.1) is 12.8 Å². The molecule has 2 rings (SSSR count). The zero-order valence-corrected chi connectivity index (χ0v) is 14.6. The van der Waals surface area contributed by atoms with E-state index in [1.54, 1.807) is 12.1 Å². The lowest BCUT2D eigenvalue weighted by Crippen LogP contribution is -2.18. The lowest BCUT2D eigenvalue weighted by molar-refractivity contribution is -0.120. The molecule has 0 amide bonds. The summed E-state index contributed by atoms with van der Waals surface area (Å²) in [4.78, 5) is 23.2. The van der Waals surface area contributed by atoms with Crippen LogP contribution in [0.5, 0.6) is 0 Å². The lowest BCUT2D eigenvalue weighted by atomic mass is 10.0. The van der Waals surface area contributed by atoms with Gasteiger partial charge in [0.05, 0.1) is 12.1 Å². The van der Waals surface area contributed by atoms with Crippen LogP contribution >= 0.6 is 11.6 Å². The third-order valence-electron chi connectivity index (χ3n) is 3.73. The number of carboxylic acid groups (broad SMARTS) is 1. The average molecular weight is 346 g/mol. The van der Waals surface area contributed by atoms with E-state index in [4.69, 9.17) is 11.6 Å². The molecule has 4 nitrogen and oxygen atoms in total. The molecule has 0 spiro atoms. The molecule has 0 aliphatic heterocycles. The Bertz CT molecular complexity index is 784. The molecule has 0 bridgehead atoms. The molecule has 0 saturated carbocycles. The minimum Gasteiger partial charge on any atom is -0.478 e. The molecule has 2 aromatic carbocycles. The molecule has 126 valence electrons. The van der Waals surface area contributed by atoms with Crippen LogP contribution in [0.15, 0.2) is 36.4 Å². The highest BCUT2D eigenvalue weighted by Gasteiger charge is 2.12. The summed E-state index contributed by atoms with van der Waals surface area (Å²) in [5.74, 6) is -1.05. The number of nitrogens with one attached hydrogen (secondary N) is 1. The molecule has 0 aromatic heterocycles. The third-order valence-corrected chi connectivity index (χ3v) is 4.04. The Hall–Kier alpha value is -2.33. The van der Waals surface area contributed by atoms with Crippen molar-refractivity contribution in [1.82, 2.24) is 0 Å². The molecule has 0 atom stereocenters.